The zero-order valence-corrected chi connectivity index (χ0v) is 13.5. The van der Waals surface area contributed by atoms with Crippen molar-refractivity contribution in [2.24, 2.45) is 0 Å². The number of hydrogen-bond acceptors (Lipinski definition) is 3. The van der Waals surface area contributed by atoms with Gasteiger partial charge in [0.1, 0.15) is 4.83 Å². The third-order valence-electron chi connectivity index (χ3n) is 3.99. The summed E-state index contributed by atoms with van der Waals surface area (Å²) in [6.45, 7) is 8.87. The minimum atomic E-state index is 0.0556. The van der Waals surface area contributed by atoms with Gasteiger partial charge >= 0.3 is 0 Å². The van der Waals surface area contributed by atoms with Crippen molar-refractivity contribution in [3.8, 4) is 11.1 Å². The summed E-state index contributed by atoms with van der Waals surface area (Å²) in [4.78, 5) is 19.1. The molecule has 0 N–H and O–H groups in total. The molecule has 4 heteroatoms. The predicted octanol–water partition coefficient (Wildman–Crippen LogP) is 4.07. The van der Waals surface area contributed by atoms with E-state index in [2.05, 4.69) is 44.0 Å². The Morgan fingerprint density at radius 3 is 2.62 bits per heavy atom. The van der Waals surface area contributed by atoms with Crippen LogP contribution in [-0.2, 0) is 6.54 Å². The van der Waals surface area contributed by atoms with Crippen LogP contribution in [0.3, 0.4) is 0 Å². The largest absolute Gasteiger partial charge is 0.299 e. The second-order valence-corrected chi connectivity index (χ2v) is 6.55. The molecule has 0 spiro atoms. The van der Waals surface area contributed by atoms with Crippen LogP contribution in [0, 0.1) is 20.8 Å². The summed E-state index contributed by atoms with van der Waals surface area (Å²) in [7, 11) is 0. The zero-order valence-electron chi connectivity index (χ0n) is 12.7. The van der Waals surface area contributed by atoms with E-state index < -0.39 is 0 Å². The van der Waals surface area contributed by atoms with Gasteiger partial charge in [-0.25, -0.2) is 4.98 Å². The first-order valence-electron chi connectivity index (χ1n) is 7.09. The minimum Gasteiger partial charge on any atom is -0.299 e. The van der Waals surface area contributed by atoms with Crippen molar-refractivity contribution < 1.29 is 0 Å². The molecule has 1 aromatic carbocycles. The standard InChI is InChI=1S/C17H18N2OS/c1-5-19-9-18-16-15(17(19)20)14(12(4)21-16)13-7-6-10(2)11(3)8-13/h6-9H,5H2,1-4H3. The Morgan fingerprint density at radius 1 is 1.19 bits per heavy atom. The second kappa shape index (κ2) is 5.11. The van der Waals surface area contributed by atoms with Crippen LogP contribution in [0.2, 0.25) is 0 Å². The summed E-state index contributed by atoms with van der Waals surface area (Å²) < 4.78 is 1.67. The van der Waals surface area contributed by atoms with Crippen molar-refractivity contribution in [1.29, 1.82) is 0 Å². The van der Waals surface area contributed by atoms with Crippen molar-refractivity contribution >= 4 is 21.6 Å². The number of rotatable bonds is 2. The molecule has 0 unspecified atom stereocenters. The number of nitrogens with zero attached hydrogens (tertiary/aromatic N) is 2. The molecule has 0 aliphatic heterocycles. The molecule has 21 heavy (non-hydrogen) atoms. The van der Waals surface area contributed by atoms with Crippen molar-refractivity contribution in [1.82, 2.24) is 9.55 Å². The molecule has 0 aliphatic carbocycles. The lowest BCUT2D eigenvalue weighted by Crippen LogP contribution is -2.19. The number of benzene rings is 1. The normalized spacial score (nSPS) is 11.2. The molecule has 3 nitrogen and oxygen atoms in total. The van der Waals surface area contributed by atoms with Gasteiger partial charge in [0.25, 0.3) is 5.56 Å². The molecule has 0 amide bonds. The number of fused-ring (bicyclic) bond motifs is 1. The van der Waals surface area contributed by atoms with E-state index >= 15 is 0 Å². The number of thiophene rings is 1. The van der Waals surface area contributed by atoms with E-state index in [1.165, 1.54) is 11.1 Å². The molecule has 0 fully saturated rings. The molecule has 108 valence electrons. The highest BCUT2D eigenvalue weighted by molar-refractivity contribution is 7.19. The van der Waals surface area contributed by atoms with Crippen LogP contribution < -0.4 is 5.56 Å². The Kier molecular flexibility index (Phi) is 3.41. The van der Waals surface area contributed by atoms with Crippen molar-refractivity contribution in [3.63, 3.8) is 0 Å². The lowest BCUT2D eigenvalue weighted by Gasteiger charge is -2.07. The maximum atomic E-state index is 12.6. The van der Waals surface area contributed by atoms with E-state index in [1.54, 1.807) is 22.2 Å². The molecule has 2 heterocycles. The first kappa shape index (κ1) is 14.0. The maximum Gasteiger partial charge on any atom is 0.262 e. The smallest absolute Gasteiger partial charge is 0.262 e. The molecule has 0 radical (unpaired) electrons. The lowest BCUT2D eigenvalue weighted by molar-refractivity contribution is 0.718. The van der Waals surface area contributed by atoms with Gasteiger partial charge in [0.05, 0.1) is 11.7 Å². The van der Waals surface area contributed by atoms with Crippen LogP contribution in [0.1, 0.15) is 22.9 Å². The van der Waals surface area contributed by atoms with Crippen molar-refractivity contribution in [2.75, 3.05) is 0 Å². The Morgan fingerprint density at radius 2 is 1.95 bits per heavy atom. The van der Waals surface area contributed by atoms with Gasteiger partial charge in [-0.15, -0.1) is 11.3 Å². The molecule has 2 aromatic heterocycles. The molecule has 0 saturated carbocycles. The molecule has 0 aliphatic rings. The number of hydrogen-bond donors (Lipinski definition) is 0. The Labute approximate surface area is 127 Å². The van der Waals surface area contributed by atoms with Gasteiger partial charge in [-0.05, 0) is 44.4 Å². The molecular weight excluding hydrogens is 280 g/mol. The van der Waals surface area contributed by atoms with Gasteiger partial charge in [-0.2, -0.15) is 0 Å². The van der Waals surface area contributed by atoms with E-state index in [4.69, 9.17) is 0 Å². The summed E-state index contributed by atoms with van der Waals surface area (Å²) in [5.41, 5.74) is 4.71. The highest BCUT2D eigenvalue weighted by atomic mass is 32.1. The first-order valence-corrected chi connectivity index (χ1v) is 7.90. The highest BCUT2D eigenvalue weighted by Crippen LogP contribution is 2.36. The Bertz CT molecular complexity index is 890. The fourth-order valence-corrected chi connectivity index (χ4v) is 3.61. The average molecular weight is 298 g/mol. The van der Waals surface area contributed by atoms with E-state index in [9.17, 15) is 4.79 Å². The monoisotopic (exact) mass is 298 g/mol. The van der Waals surface area contributed by atoms with Crippen molar-refractivity contribution in [2.45, 2.75) is 34.2 Å². The quantitative estimate of drug-likeness (QED) is 0.715. The van der Waals surface area contributed by atoms with Crippen LogP contribution in [0.25, 0.3) is 21.3 Å². The van der Waals surface area contributed by atoms with Gasteiger partial charge in [-0.3, -0.25) is 9.36 Å². The fraction of sp³-hybridized carbons (Fsp3) is 0.294. The predicted molar refractivity (Wildman–Crippen MR) is 89.2 cm³/mol. The third-order valence-corrected chi connectivity index (χ3v) is 5.00. The summed E-state index contributed by atoms with van der Waals surface area (Å²) in [6.07, 6.45) is 1.64. The van der Waals surface area contributed by atoms with Crippen LogP contribution >= 0.6 is 11.3 Å². The third kappa shape index (κ3) is 2.20. The average Bonchev–Trinajstić information content (AvgIpc) is 2.79. The summed E-state index contributed by atoms with van der Waals surface area (Å²) >= 11 is 1.59. The van der Waals surface area contributed by atoms with Crippen LogP contribution in [0.5, 0.6) is 0 Å². The minimum absolute atomic E-state index is 0.0556. The first-order chi connectivity index (χ1) is 10.0. The van der Waals surface area contributed by atoms with Gasteiger partial charge in [0, 0.05) is 17.0 Å². The van der Waals surface area contributed by atoms with E-state index in [-0.39, 0.29) is 5.56 Å². The van der Waals surface area contributed by atoms with Gasteiger partial charge in [0.2, 0.25) is 0 Å². The van der Waals surface area contributed by atoms with Crippen LogP contribution in [-0.4, -0.2) is 9.55 Å². The molecule has 0 atom stereocenters. The Hall–Kier alpha value is -1.94. The number of aromatic nitrogens is 2. The topological polar surface area (TPSA) is 34.9 Å². The van der Waals surface area contributed by atoms with E-state index in [1.807, 2.05) is 6.92 Å². The SMILES string of the molecule is CCn1cnc2sc(C)c(-c3ccc(C)c(C)c3)c2c1=O. The molecular formula is C17H18N2OS. The summed E-state index contributed by atoms with van der Waals surface area (Å²) in [6, 6.07) is 6.37. The second-order valence-electron chi connectivity index (χ2n) is 5.35. The van der Waals surface area contributed by atoms with Crippen LogP contribution in [0.15, 0.2) is 29.3 Å². The molecule has 3 aromatic rings. The summed E-state index contributed by atoms with van der Waals surface area (Å²) in [5.74, 6) is 0. The molecule has 0 saturated heterocycles. The maximum absolute atomic E-state index is 12.6. The van der Waals surface area contributed by atoms with Crippen molar-refractivity contribution in [3.05, 3.63) is 50.9 Å². The van der Waals surface area contributed by atoms with Gasteiger partial charge < -0.3 is 0 Å². The zero-order chi connectivity index (χ0) is 15.1. The molecule has 0 bridgehead atoms. The van der Waals surface area contributed by atoms with E-state index in [0.717, 1.165) is 26.2 Å². The van der Waals surface area contributed by atoms with Gasteiger partial charge in [0.15, 0.2) is 0 Å². The Balaban J connectivity index is 2.38. The van der Waals surface area contributed by atoms with Crippen LogP contribution in [0.4, 0.5) is 0 Å². The fourth-order valence-electron chi connectivity index (χ4n) is 2.61. The van der Waals surface area contributed by atoms with Gasteiger partial charge in [-0.1, -0.05) is 18.2 Å². The number of aryl methyl sites for hydroxylation is 4. The summed E-state index contributed by atoms with van der Waals surface area (Å²) in [5, 5.41) is 0.755. The highest BCUT2D eigenvalue weighted by Gasteiger charge is 2.16. The van der Waals surface area contributed by atoms with E-state index in [0.29, 0.717) is 6.54 Å². The molecule has 3 rings (SSSR count). The lowest BCUT2D eigenvalue weighted by atomic mass is 9.99.